The molecule has 0 aromatic heterocycles. The van der Waals surface area contributed by atoms with E-state index in [4.69, 9.17) is 11.6 Å². The van der Waals surface area contributed by atoms with E-state index in [1.807, 2.05) is 0 Å². The van der Waals surface area contributed by atoms with Crippen LogP contribution in [-0.4, -0.2) is 19.3 Å². The van der Waals surface area contributed by atoms with Gasteiger partial charge in [-0.25, -0.2) is 8.42 Å². The van der Waals surface area contributed by atoms with Gasteiger partial charge in [-0.15, -0.1) is 0 Å². The van der Waals surface area contributed by atoms with Gasteiger partial charge in [-0.05, 0) is 12.1 Å². The minimum Gasteiger partial charge on any atom is -0.744 e. The van der Waals surface area contributed by atoms with Crippen molar-refractivity contribution in [2.45, 2.75) is 4.90 Å². The molecule has 1 aromatic carbocycles. The normalized spacial score (nSPS) is 10.4. The molecular weight excluding hydrogens is 239 g/mol. The Labute approximate surface area is 108 Å². The summed E-state index contributed by atoms with van der Waals surface area (Å²) in [5.41, 5.74) is 0.0961. The number of carbonyl (C=O) groups excluding carboxylic acids is 1. The summed E-state index contributed by atoms with van der Waals surface area (Å²) in [5, 5.41) is -0.180. The molecule has 0 spiro atoms. The first-order valence-corrected chi connectivity index (χ1v) is 4.94. The number of halogens is 1. The number of benzene rings is 1. The molecule has 0 bridgehead atoms. The van der Waals surface area contributed by atoms with Crippen molar-refractivity contribution in [1.29, 1.82) is 0 Å². The molecule has 0 N–H and O–H groups in total. The second-order valence-corrected chi connectivity index (χ2v) is 4.02. The number of rotatable bonds is 2. The third kappa shape index (κ3) is 3.34. The van der Waals surface area contributed by atoms with Gasteiger partial charge in [-0.2, -0.15) is 0 Å². The van der Waals surface area contributed by atoms with Gasteiger partial charge < -0.3 is 4.55 Å². The van der Waals surface area contributed by atoms with Gasteiger partial charge in [-0.1, -0.05) is 17.7 Å². The topological polar surface area (TPSA) is 74.3 Å². The molecule has 0 atom stereocenters. The maximum absolute atomic E-state index is 10.6. The van der Waals surface area contributed by atoms with Crippen LogP contribution in [0, 0.1) is 0 Å². The molecule has 0 heterocycles. The van der Waals surface area contributed by atoms with E-state index in [9.17, 15) is 17.8 Å². The third-order valence-electron chi connectivity index (χ3n) is 1.36. The van der Waals surface area contributed by atoms with Gasteiger partial charge in [0, 0.05) is 5.56 Å². The number of carbonyl (C=O) groups is 1. The zero-order valence-electron chi connectivity index (χ0n) is 7.23. The van der Waals surface area contributed by atoms with Crippen LogP contribution in [0.25, 0.3) is 0 Å². The largest absolute Gasteiger partial charge is 1.00 e. The van der Waals surface area contributed by atoms with Gasteiger partial charge in [0.05, 0.1) is 9.92 Å². The first-order valence-electron chi connectivity index (χ1n) is 3.16. The summed E-state index contributed by atoms with van der Waals surface area (Å²) < 4.78 is 31.7. The van der Waals surface area contributed by atoms with E-state index in [0.717, 1.165) is 6.07 Å². The van der Waals surface area contributed by atoms with Crippen molar-refractivity contribution in [3.8, 4) is 0 Å². The van der Waals surface area contributed by atoms with Crippen LogP contribution in [0.3, 0.4) is 0 Å². The van der Waals surface area contributed by atoms with Crippen LogP contribution in [-0.2, 0) is 10.1 Å². The minimum absolute atomic E-state index is 0. The molecule has 0 fully saturated rings. The summed E-state index contributed by atoms with van der Waals surface area (Å²) in [6.45, 7) is 0. The first kappa shape index (κ1) is 14.1. The monoisotopic (exact) mass is 242 g/mol. The Hall–Kier alpha value is 0.0900. The standard InChI is InChI=1S/C7H5ClO4S.Na/c8-6-2-1-5(4-9)3-7(6)13(10,11)12;/h1-4H,(H,10,11,12);/q;+1/p-1. The van der Waals surface area contributed by atoms with E-state index >= 15 is 0 Å². The van der Waals surface area contributed by atoms with Gasteiger partial charge in [0.25, 0.3) is 0 Å². The smallest absolute Gasteiger partial charge is 0.744 e. The molecule has 0 saturated carbocycles. The molecule has 4 nitrogen and oxygen atoms in total. The van der Waals surface area contributed by atoms with Crippen molar-refractivity contribution in [2.75, 3.05) is 0 Å². The molecule has 0 amide bonds. The fraction of sp³-hybridized carbons (Fsp3) is 0. The van der Waals surface area contributed by atoms with Crippen molar-refractivity contribution in [3.05, 3.63) is 28.8 Å². The van der Waals surface area contributed by atoms with Gasteiger partial charge in [0.15, 0.2) is 0 Å². The summed E-state index contributed by atoms with van der Waals surface area (Å²) in [4.78, 5) is 9.69. The second kappa shape index (κ2) is 5.25. The quantitative estimate of drug-likeness (QED) is 0.344. The van der Waals surface area contributed by atoms with Crippen molar-refractivity contribution in [2.24, 2.45) is 0 Å². The summed E-state index contributed by atoms with van der Waals surface area (Å²) in [6, 6.07) is 3.46. The van der Waals surface area contributed by atoms with Crippen molar-refractivity contribution in [1.82, 2.24) is 0 Å². The predicted molar refractivity (Wildman–Crippen MR) is 44.8 cm³/mol. The second-order valence-electron chi connectivity index (χ2n) is 2.26. The van der Waals surface area contributed by atoms with Gasteiger partial charge in [-0.3, -0.25) is 4.79 Å². The first-order chi connectivity index (χ1) is 5.95. The molecule has 70 valence electrons. The molecular formula is C7H4ClNaO4S. The zero-order chi connectivity index (χ0) is 10.1. The molecule has 0 saturated heterocycles. The van der Waals surface area contributed by atoms with Crippen LogP contribution >= 0.6 is 11.6 Å². The molecule has 0 aliphatic carbocycles. The number of aldehydes is 1. The van der Waals surface area contributed by atoms with Gasteiger partial charge in [0.2, 0.25) is 0 Å². The average molecular weight is 243 g/mol. The van der Waals surface area contributed by atoms with E-state index in [0.29, 0.717) is 6.29 Å². The Morgan fingerprint density at radius 3 is 2.36 bits per heavy atom. The van der Waals surface area contributed by atoms with Crippen LogP contribution in [0.5, 0.6) is 0 Å². The fourth-order valence-corrected chi connectivity index (χ4v) is 1.77. The summed E-state index contributed by atoms with van der Waals surface area (Å²) in [7, 11) is -4.61. The average Bonchev–Trinajstić information content (AvgIpc) is 2.03. The van der Waals surface area contributed by atoms with E-state index < -0.39 is 15.0 Å². The van der Waals surface area contributed by atoms with Crippen molar-refractivity contribution >= 4 is 28.0 Å². The number of hydrogen-bond donors (Lipinski definition) is 0. The summed E-state index contributed by atoms with van der Waals surface area (Å²) in [6.07, 6.45) is 0.436. The SMILES string of the molecule is O=Cc1ccc(Cl)c(S(=O)(=O)[O-])c1.[Na+]. The fourth-order valence-electron chi connectivity index (χ4n) is 0.785. The Morgan fingerprint density at radius 2 is 1.93 bits per heavy atom. The third-order valence-corrected chi connectivity index (χ3v) is 2.68. The summed E-state index contributed by atoms with van der Waals surface area (Å²) >= 11 is 5.44. The van der Waals surface area contributed by atoms with Crippen molar-refractivity contribution in [3.63, 3.8) is 0 Å². The molecule has 7 heteroatoms. The van der Waals surface area contributed by atoms with Crippen LogP contribution in [0.1, 0.15) is 10.4 Å². The van der Waals surface area contributed by atoms with Crippen LogP contribution < -0.4 is 29.6 Å². The molecule has 0 aliphatic rings. The number of hydrogen-bond acceptors (Lipinski definition) is 4. The van der Waals surface area contributed by atoms with Crippen LogP contribution in [0.15, 0.2) is 23.1 Å². The molecule has 14 heavy (non-hydrogen) atoms. The van der Waals surface area contributed by atoms with E-state index in [2.05, 4.69) is 0 Å². The Bertz CT molecular complexity index is 443. The Balaban J connectivity index is 0.00000169. The molecule has 0 aliphatic heterocycles. The minimum atomic E-state index is -4.61. The van der Waals surface area contributed by atoms with E-state index in [1.54, 1.807) is 0 Å². The summed E-state index contributed by atoms with van der Waals surface area (Å²) in [5.74, 6) is 0. The predicted octanol–water partition coefficient (Wildman–Crippen LogP) is -1.94. The van der Waals surface area contributed by atoms with Crippen molar-refractivity contribution < 1.29 is 47.3 Å². The zero-order valence-corrected chi connectivity index (χ0v) is 10.8. The van der Waals surface area contributed by atoms with Gasteiger partial charge >= 0.3 is 29.6 Å². The molecule has 0 unspecified atom stereocenters. The molecule has 0 radical (unpaired) electrons. The Morgan fingerprint density at radius 1 is 1.36 bits per heavy atom. The van der Waals surface area contributed by atoms with Crippen LogP contribution in [0.4, 0.5) is 0 Å². The van der Waals surface area contributed by atoms with E-state index in [1.165, 1.54) is 12.1 Å². The maximum Gasteiger partial charge on any atom is 1.00 e. The maximum atomic E-state index is 10.6. The molecule has 1 rings (SSSR count). The Kier molecular flexibility index (Phi) is 5.28. The van der Waals surface area contributed by atoms with Crippen LogP contribution in [0.2, 0.25) is 5.02 Å². The van der Waals surface area contributed by atoms with E-state index in [-0.39, 0.29) is 40.1 Å². The van der Waals surface area contributed by atoms with Gasteiger partial charge in [0.1, 0.15) is 16.4 Å². The molecule has 1 aromatic rings.